The quantitative estimate of drug-likeness (QED) is 0.873. The minimum absolute atomic E-state index is 0.0237. The van der Waals surface area contributed by atoms with Gasteiger partial charge in [0.15, 0.2) is 0 Å². The molecule has 0 saturated carbocycles. The molecule has 2 N–H and O–H groups in total. The van der Waals surface area contributed by atoms with E-state index < -0.39 is 11.9 Å². The molecule has 0 radical (unpaired) electrons. The van der Waals surface area contributed by atoms with Gasteiger partial charge in [-0.1, -0.05) is 29.8 Å². The fraction of sp³-hybridized carbons (Fsp3) is 0.429. The number of amides is 1. The fourth-order valence-electron chi connectivity index (χ4n) is 1.70. The third-order valence-corrected chi connectivity index (χ3v) is 3.91. The maximum absolute atomic E-state index is 11.9. The second kappa shape index (κ2) is 6.70. The van der Waals surface area contributed by atoms with E-state index in [4.69, 9.17) is 5.11 Å². The van der Waals surface area contributed by atoms with Crippen molar-refractivity contribution in [2.24, 2.45) is 11.8 Å². The lowest BCUT2D eigenvalue weighted by Gasteiger charge is -2.16. The van der Waals surface area contributed by atoms with E-state index >= 15 is 0 Å². The number of nitrogens with one attached hydrogen (secondary N) is 1. The summed E-state index contributed by atoms with van der Waals surface area (Å²) in [6.45, 7) is 5.69. The molecule has 0 aliphatic carbocycles. The first-order valence-corrected chi connectivity index (χ1v) is 6.89. The summed E-state index contributed by atoms with van der Waals surface area (Å²) in [5, 5.41) is 11.7. The molecule has 0 spiro atoms. The topological polar surface area (TPSA) is 66.4 Å². The smallest absolute Gasteiger partial charge is 0.308 e. The van der Waals surface area contributed by atoms with Gasteiger partial charge in [0.2, 0.25) is 0 Å². The van der Waals surface area contributed by atoms with Gasteiger partial charge in [-0.05, 0) is 36.6 Å². The number of hydrogen-bond acceptors (Lipinski definition) is 2. The Balaban J connectivity index is 2.69. The molecular weight excluding hydrogens is 310 g/mol. The normalized spacial score (nSPS) is 12.3. The van der Waals surface area contributed by atoms with Crippen LogP contribution in [0, 0.1) is 18.8 Å². The lowest BCUT2D eigenvalue weighted by atomic mass is 9.96. The van der Waals surface area contributed by atoms with E-state index in [0.29, 0.717) is 5.56 Å². The first-order valence-electron chi connectivity index (χ1n) is 6.10. The van der Waals surface area contributed by atoms with Crippen LogP contribution in [-0.4, -0.2) is 23.5 Å². The summed E-state index contributed by atoms with van der Waals surface area (Å²) in [6, 6.07) is 5.28. The number of aryl methyl sites for hydroxylation is 1. The van der Waals surface area contributed by atoms with Crippen LogP contribution in [0.25, 0.3) is 0 Å². The molecule has 1 unspecified atom stereocenters. The van der Waals surface area contributed by atoms with Gasteiger partial charge in [-0.3, -0.25) is 9.59 Å². The summed E-state index contributed by atoms with van der Waals surface area (Å²) in [7, 11) is 0. The van der Waals surface area contributed by atoms with Crippen molar-refractivity contribution in [3.8, 4) is 0 Å². The number of benzene rings is 1. The Morgan fingerprint density at radius 2 is 2.00 bits per heavy atom. The van der Waals surface area contributed by atoms with E-state index in [9.17, 15) is 9.59 Å². The Labute approximate surface area is 121 Å². The highest BCUT2D eigenvalue weighted by Gasteiger charge is 2.22. The van der Waals surface area contributed by atoms with Gasteiger partial charge < -0.3 is 10.4 Å². The minimum Gasteiger partial charge on any atom is -0.481 e. The highest BCUT2D eigenvalue weighted by atomic mass is 79.9. The molecular formula is C14H18BrNO3. The van der Waals surface area contributed by atoms with E-state index in [1.807, 2.05) is 20.8 Å². The van der Waals surface area contributed by atoms with Crippen molar-refractivity contribution < 1.29 is 14.7 Å². The summed E-state index contributed by atoms with van der Waals surface area (Å²) in [5.41, 5.74) is 1.50. The molecule has 1 atom stereocenters. The predicted molar refractivity (Wildman–Crippen MR) is 77.2 cm³/mol. The number of carbonyl (C=O) groups is 2. The zero-order chi connectivity index (χ0) is 14.6. The molecule has 5 heteroatoms. The molecule has 1 amide bonds. The number of carboxylic acids is 1. The van der Waals surface area contributed by atoms with Crippen molar-refractivity contribution in [1.29, 1.82) is 0 Å². The fourth-order valence-corrected chi connectivity index (χ4v) is 1.95. The first kappa shape index (κ1) is 15.7. The standard InChI is InChI=1S/C14H18BrNO3/c1-8(2)11(14(18)19)7-16-13(17)10-4-5-12(15)9(3)6-10/h4-6,8,11H,7H2,1-3H3,(H,16,17)(H,18,19). The molecule has 0 heterocycles. The summed E-state index contributed by atoms with van der Waals surface area (Å²) < 4.78 is 0.939. The maximum atomic E-state index is 11.9. The molecule has 1 aromatic rings. The van der Waals surface area contributed by atoms with Crippen LogP contribution in [0.3, 0.4) is 0 Å². The highest BCUT2D eigenvalue weighted by molar-refractivity contribution is 9.10. The average molecular weight is 328 g/mol. The number of aliphatic carboxylic acids is 1. The van der Waals surface area contributed by atoms with Crippen LogP contribution >= 0.6 is 15.9 Å². The van der Waals surface area contributed by atoms with Crippen LogP contribution in [0.5, 0.6) is 0 Å². The molecule has 0 bridgehead atoms. The Morgan fingerprint density at radius 3 is 2.47 bits per heavy atom. The molecule has 4 nitrogen and oxygen atoms in total. The van der Waals surface area contributed by atoms with E-state index in [2.05, 4.69) is 21.2 Å². The molecule has 0 fully saturated rings. The predicted octanol–water partition coefficient (Wildman–Crippen LogP) is 2.84. The zero-order valence-electron chi connectivity index (χ0n) is 11.2. The second-order valence-electron chi connectivity index (χ2n) is 4.86. The average Bonchev–Trinajstić information content (AvgIpc) is 2.31. The highest BCUT2D eigenvalue weighted by Crippen LogP contribution is 2.17. The van der Waals surface area contributed by atoms with E-state index in [1.54, 1.807) is 18.2 Å². The van der Waals surface area contributed by atoms with Crippen LogP contribution in [0.2, 0.25) is 0 Å². The third-order valence-electron chi connectivity index (χ3n) is 3.02. The van der Waals surface area contributed by atoms with Gasteiger partial charge in [0.05, 0.1) is 5.92 Å². The van der Waals surface area contributed by atoms with E-state index in [-0.39, 0.29) is 18.4 Å². The van der Waals surface area contributed by atoms with Gasteiger partial charge in [-0.2, -0.15) is 0 Å². The van der Waals surface area contributed by atoms with Crippen LogP contribution in [0.15, 0.2) is 22.7 Å². The largest absolute Gasteiger partial charge is 0.481 e. The van der Waals surface area contributed by atoms with Crippen molar-refractivity contribution in [2.75, 3.05) is 6.54 Å². The van der Waals surface area contributed by atoms with Crippen LogP contribution in [-0.2, 0) is 4.79 Å². The van der Waals surface area contributed by atoms with Crippen LogP contribution in [0.1, 0.15) is 29.8 Å². The van der Waals surface area contributed by atoms with Crippen molar-refractivity contribution in [1.82, 2.24) is 5.32 Å². The summed E-state index contributed by atoms with van der Waals surface area (Å²) >= 11 is 3.37. The summed E-state index contributed by atoms with van der Waals surface area (Å²) in [6.07, 6.45) is 0. The molecule has 1 rings (SSSR count). The molecule has 0 aromatic heterocycles. The minimum atomic E-state index is -0.887. The van der Waals surface area contributed by atoms with Crippen molar-refractivity contribution >= 4 is 27.8 Å². The molecule has 0 saturated heterocycles. The summed E-state index contributed by atoms with van der Waals surface area (Å²) in [4.78, 5) is 23.0. The van der Waals surface area contributed by atoms with Gasteiger partial charge in [0, 0.05) is 16.6 Å². The Kier molecular flexibility index (Phi) is 5.54. The zero-order valence-corrected chi connectivity index (χ0v) is 12.8. The number of halogens is 1. The van der Waals surface area contributed by atoms with E-state index in [0.717, 1.165) is 10.0 Å². The number of carboxylic acid groups (broad SMARTS) is 1. The third kappa shape index (κ3) is 4.35. The van der Waals surface area contributed by atoms with Gasteiger partial charge in [0.25, 0.3) is 5.91 Å². The van der Waals surface area contributed by atoms with Gasteiger partial charge in [0.1, 0.15) is 0 Å². The SMILES string of the molecule is Cc1cc(C(=O)NCC(C(=O)O)C(C)C)ccc1Br. The maximum Gasteiger partial charge on any atom is 0.308 e. The second-order valence-corrected chi connectivity index (χ2v) is 5.72. The Bertz CT molecular complexity index is 486. The van der Waals surface area contributed by atoms with Crippen LogP contribution < -0.4 is 5.32 Å². The number of carbonyl (C=O) groups excluding carboxylic acids is 1. The summed E-state index contributed by atoms with van der Waals surface area (Å²) in [5.74, 6) is -1.73. The van der Waals surface area contributed by atoms with Gasteiger partial charge >= 0.3 is 5.97 Å². The first-order chi connectivity index (χ1) is 8.82. The molecule has 0 aliphatic heterocycles. The lowest BCUT2D eigenvalue weighted by Crippen LogP contribution is -2.35. The lowest BCUT2D eigenvalue weighted by molar-refractivity contribution is -0.142. The van der Waals surface area contributed by atoms with Crippen LogP contribution in [0.4, 0.5) is 0 Å². The van der Waals surface area contributed by atoms with Crippen molar-refractivity contribution in [3.63, 3.8) is 0 Å². The van der Waals surface area contributed by atoms with Gasteiger partial charge in [-0.25, -0.2) is 0 Å². The Morgan fingerprint density at radius 1 is 1.37 bits per heavy atom. The molecule has 104 valence electrons. The Hall–Kier alpha value is -1.36. The van der Waals surface area contributed by atoms with Crippen molar-refractivity contribution in [3.05, 3.63) is 33.8 Å². The van der Waals surface area contributed by atoms with E-state index in [1.165, 1.54) is 0 Å². The van der Waals surface area contributed by atoms with Crippen molar-refractivity contribution in [2.45, 2.75) is 20.8 Å². The monoisotopic (exact) mass is 327 g/mol. The molecule has 1 aromatic carbocycles. The molecule has 0 aliphatic rings. The number of hydrogen-bond donors (Lipinski definition) is 2. The molecule has 19 heavy (non-hydrogen) atoms. The number of rotatable bonds is 5. The van der Waals surface area contributed by atoms with Gasteiger partial charge in [-0.15, -0.1) is 0 Å².